The van der Waals surface area contributed by atoms with Crippen molar-refractivity contribution in [1.29, 1.82) is 0 Å². The third kappa shape index (κ3) is 1.75. The van der Waals surface area contributed by atoms with Crippen LogP contribution >= 0.6 is 0 Å². The molecule has 3 heteroatoms. The van der Waals surface area contributed by atoms with E-state index in [1.165, 1.54) is 19.3 Å². The Morgan fingerprint density at radius 1 is 1.25 bits per heavy atom. The maximum Gasteiger partial charge on any atom is 0.223 e. The van der Waals surface area contributed by atoms with Crippen molar-refractivity contribution in [1.82, 2.24) is 5.32 Å². The summed E-state index contributed by atoms with van der Waals surface area (Å²) in [5, 5.41) is 3.01. The van der Waals surface area contributed by atoms with Crippen molar-refractivity contribution in [3.63, 3.8) is 0 Å². The molecule has 90 valence electrons. The van der Waals surface area contributed by atoms with Gasteiger partial charge in [0.25, 0.3) is 0 Å². The van der Waals surface area contributed by atoms with Crippen LogP contribution in [0.15, 0.2) is 0 Å². The number of amides is 1. The second-order valence-corrected chi connectivity index (χ2v) is 5.68. The Morgan fingerprint density at radius 3 is 2.81 bits per heavy atom. The van der Waals surface area contributed by atoms with Crippen molar-refractivity contribution < 1.29 is 9.53 Å². The van der Waals surface area contributed by atoms with Crippen molar-refractivity contribution >= 4 is 5.91 Å². The molecule has 2 aliphatic heterocycles. The van der Waals surface area contributed by atoms with Crippen LogP contribution in [-0.2, 0) is 9.53 Å². The van der Waals surface area contributed by atoms with Crippen LogP contribution in [0.5, 0.6) is 0 Å². The lowest BCUT2D eigenvalue weighted by Gasteiger charge is -2.49. The summed E-state index contributed by atoms with van der Waals surface area (Å²) < 4.78 is 5.93. The summed E-state index contributed by atoms with van der Waals surface area (Å²) >= 11 is 0. The van der Waals surface area contributed by atoms with Crippen LogP contribution in [-0.4, -0.2) is 24.7 Å². The first kappa shape index (κ1) is 10.6. The molecule has 1 N–H and O–H groups in total. The molecule has 3 nitrogen and oxygen atoms in total. The number of hydrogen-bond acceptors (Lipinski definition) is 2. The topological polar surface area (TPSA) is 38.3 Å². The molecule has 3 aliphatic rings. The maximum atomic E-state index is 11.9. The highest BCUT2D eigenvalue weighted by molar-refractivity contribution is 5.79. The molecule has 0 bridgehead atoms. The van der Waals surface area contributed by atoms with Crippen LogP contribution in [0.25, 0.3) is 0 Å². The van der Waals surface area contributed by atoms with Crippen LogP contribution in [0.3, 0.4) is 0 Å². The molecule has 0 aromatic heterocycles. The molecule has 1 saturated carbocycles. The molecule has 0 aromatic rings. The van der Waals surface area contributed by atoms with E-state index in [-0.39, 0.29) is 11.5 Å². The number of piperidine rings is 1. The average Bonchev–Trinajstić information content (AvgIpc) is 2.28. The van der Waals surface area contributed by atoms with Crippen LogP contribution in [0.4, 0.5) is 0 Å². The fourth-order valence-corrected chi connectivity index (χ4v) is 3.57. The number of carbonyl (C=O) groups is 1. The normalized spacial score (nSPS) is 37.9. The summed E-state index contributed by atoms with van der Waals surface area (Å²) in [6.07, 6.45) is 8.21. The van der Waals surface area contributed by atoms with Gasteiger partial charge in [-0.3, -0.25) is 4.79 Å². The SMILES string of the molecule is O=C1NCCCC1C1CCOC2(CCC2)C1. The number of rotatable bonds is 1. The number of hydrogen-bond donors (Lipinski definition) is 1. The zero-order chi connectivity index (χ0) is 11.0. The third-order valence-electron chi connectivity index (χ3n) is 4.69. The Bertz CT molecular complexity index is 286. The fourth-order valence-electron chi connectivity index (χ4n) is 3.57. The zero-order valence-corrected chi connectivity index (χ0v) is 9.84. The molecule has 1 spiro atoms. The Balaban J connectivity index is 1.67. The number of nitrogens with one attached hydrogen (secondary N) is 1. The summed E-state index contributed by atoms with van der Waals surface area (Å²) in [6.45, 7) is 1.75. The Kier molecular flexibility index (Phi) is 2.66. The molecule has 0 aromatic carbocycles. The minimum absolute atomic E-state index is 0.181. The largest absolute Gasteiger partial charge is 0.375 e. The Morgan fingerprint density at radius 2 is 2.12 bits per heavy atom. The van der Waals surface area contributed by atoms with Crippen LogP contribution in [0.2, 0.25) is 0 Å². The van der Waals surface area contributed by atoms with Crippen molar-refractivity contribution in [2.75, 3.05) is 13.2 Å². The molecule has 2 saturated heterocycles. The average molecular weight is 223 g/mol. The molecule has 16 heavy (non-hydrogen) atoms. The van der Waals surface area contributed by atoms with Gasteiger partial charge in [-0.25, -0.2) is 0 Å². The third-order valence-corrected chi connectivity index (χ3v) is 4.69. The summed E-state index contributed by atoms with van der Waals surface area (Å²) in [7, 11) is 0. The molecule has 1 aliphatic carbocycles. The Labute approximate surface area is 96.9 Å². The summed E-state index contributed by atoms with van der Waals surface area (Å²) in [6, 6.07) is 0. The Hall–Kier alpha value is -0.570. The van der Waals surface area contributed by atoms with Gasteiger partial charge in [-0.2, -0.15) is 0 Å². The first-order chi connectivity index (χ1) is 7.79. The van der Waals surface area contributed by atoms with Gasteiger partial charge in [0.15, 0.2) is 0 Å². The molecular weight excluding hydrogens is 202 g/mol. The maximum absolute atomic E-state index is 11.9. The van der Waals surface area contributed by atoms with Crippen LogP contribution in [0.1, 0.15) is 44.9 Å². The van der Waals surface area contributed by atoms with E-state index in [1.54, 1.807) is 0 Å². The number of ether oxygens (including phenoxy) is 1. The van der Waals surface area contributed by atoms with E-state index in [4.69, 9.17) is 4.74 Å². The van der Waals surface area contributed by atoms with Gasteiger partial charge in [0, 0.05) is 19.1 Å². The molecule has 0 radical (unpaired) electrons. The summed E-state index contributed by atoms with van der Waals surface area (Å²) in [5.41, 5.74) is 0.181. The molecule has 2 unspecified atom stereocenters. The van der Waals surface area contributed by atoms with E-state index in [2.05, 4.69) is 5.32 Å². The highest BCUT2D eigenvalue weighted by Gasteiger charge is 2.45. The fraction of sp³-hybridized carbons (Fsp3) is 0.923. The van der Waals surface area contributed by atoms with Crippen LogP contribution in [0, 0.1) is 11.8 Å². The van der Waals surface area contributed by atoms with Crippen molar-refractivity contribution in [3.8, 4) is 0 Å². The molecule has 2 heterocycles. The van der Waals surface area contributed by atoms with E-state index in [0.717, 1.165) is 38.8 Å². The second kappa shape index (κ2) is 4.02. The summed E-state index contributed by atoms with van der Waals surface area (Å²) in [5.74, 6) is 1.15. The van der Waals surface area contributed by atoms with Gasteiger partial charge in [0.05, 0.1) is 5.60 Å². The van der Waals surface area contributed by atoms with E-state index in [1.807, 2.05) is 0 Å². The zero-order valence-electron chi connectivity index (χ0n) is 9.84. The minimum atomic E-state index is 0.181. The van der Waals surface area contributed by atoms with Gasteiger partial charge in [-0.15, -0.1) is 0 Å². The highest BCUT2D eigenvalue weighted by Crippen LogP contribution is 2.46. The van der Waals surface area contributed by atoms with E-state index < -0.39 is 0 Å². The van der Waals surface area contributed by atoms with E-state index in [9.17, 15) is 4.79 Å². The molecule has 2 atom stereocenters. The van der Waals surface area contributed by atoms with Crippen molar-refractivity contribution in [2.24, 2.45) is 11.8 Å². The first-order valence-corrected chi connectivity index (χ1v) is 6.71. The monoisotopic (exact) mass is 223 g/mol. The molecule has 3 rings (SSSR count). The van der Waals surface area contributed by atoms with Gasteiger partial charge >= 0.3 is 0 Å². The van der Waals surface area contributed by atoms with Crippen LogP contribution < -0.4 is 5.32 Å². The lowest BCUT2D eigenvalue weighted by Crippen LogP contribution is -2.49. The quantitative estimate of drug-likeness (QED) is 0.737. The lowest BCUT2D eigenvalue weighted by atomic mass is 9.68. The summed E-state index contributed by atoms with van der Waals surface area (Å²) in [4.78, 5) is 11.9. The predicted octanol–water partition coefficient (Wildman–Crippen LogP) is 1.86. The molecule has 1 amide bonds. The van der Waals surface area contributed by atoms with Gasteiger partial charge < -0.3 is 10.1 Å². The first-order valence-electron chi connectivity index (χ1n) is 6.71. The lowest BCUT2D eigenvalue weighted by molar-refractivity contribution is -0.157. The van der Waals surface area contributed by atoms with Gasteiger partial charge in [0.1, 0.15) is 0 Å². The van der Waals surface area contributed by atoms with Gasteiger partial charge in [0.2, 0.25) is 5.91 Å². The van der Waals surface area contributed by atoms with Gasteiger partial charge in [-0.05, 0) is 50.9 Å². The molecule has 3 fully saturated rings. The van der Waals surface area contributed by atoms with E-state index >= 15 is 0 Å². The smallest absolute Gasteiger partial charge is 0.223 e. The minimum Gasteiger partial charge on any atom is -0.375 e. The highest BCUT2D eigenvalue weighted by atomic mass is 16.5. The second-order valence-electron chi connectivity index (χ2n) is 5.68. The van der Waals surface area contributed by atoms with E-state index in [0.29, 0.717) is 11.8 Å². The predicted molar refractivity (Wildman–Crippen MR) is 61.0 cm³/mol. The van der Waals surface area contributed by atoms with Crippen molar-refractivity contribution in [3.05, 3.63) is 0 Å². The standard InChI is InChI=1S/C13H21NO2/c15-12-11(3-1-7-14-12)10-4-8-16-13(9-10)5-2-6-13/h10-11H,1-9H2,(H,14,15). The van der Waals surface area contributed by atoms with Crippen molar-refractivity contribution in [2.45, 2.75) is 50.5 Å². The van der Waals surface area contributed by atoms with Gasteiger partial charge in [-0.1, -0.05) is 0 Å². The number of carbonyl (C=O) groups excluding carboxylic acids is 1. The molecular formula is C13H21NO2.